The number of carboxylic acid groups (broad SMARTS) is 2. The smallest absolute Gasteiger partial charge is 0.0786 e. The molecule has 0 unspecified atom stereocenters. The molecule has 0 heterocycles. The molecule has 0 fully saturated rings. The molecule has 0 spiro atoms. The highest BCUT2D eigenvalue weighted by Crippen LogP contribution is 2.12. The number of rotatable bonds is 18. The van der Waals surface area contributed by atoms with Gasteiger partial charge in [-0.3, -0.25) is 0 Å². The summed E-state index contributed by atoms with van der Waals surface area (Å²) in [7, 11) is 0. The van der Waals surface area contributed by atoms with Crippen molar-refractivity contribution < 1.29 is 24.0 Å². The molecule has 0 aliphatic rings. The molecule has 0 aromatic carbocycles. The van der Waals surface area contributed by atoms with E-state index in [4.69, 9.17) is 15.0 Å². The molecule has 0 saturated heterocycles. The molecule has 0 amide bonds. The Hall–Kier alpha value is -0.810. The topological polar surface area (TPSA) is 63.2 Å². The Kier molecular flexibility index (Phi) is 27.8. The van der Waals surface area contributed by atoms with Gasteiger partial charge in [0.25, 0.3) is 0 Å². The van der Waals surface area contributed by atoms with Gasteiger partial charge in [-0.1, -0.05) is 52.4 Å². The van der Waals surface area contributed by atoms with E-state index < -0.39 is 6.16 Å². The Balaban J connectivity index is -0.000000450. The average molecular weight is 461 g/mol. The highest BCUT2D eigenvalue weighted by molar-refractivity contribution is 5.47. The van der Waals surface area contributed by atoms with Gasteiger partial charge in [0, 0.05) is 0 Å². The van der Waals surface area contributed by atoms with Gasteiger partial charge in [-0.2, -0.15) is 0 Å². The third-order valence-corrected chi connectivity index (χ3v) is 7.50. The van der Waals surface area contributed by atoms with Crippen molar-refractivity contribution >= 4 is 6.16 Å². The summed E-state index contributed by atoms with van der Waals surface area (Å²) in [5.41, 5.74) is 0. The first-order valence-corrected chi connectivity index (χ1v) is 13.8. The van der Waals surface area contributed by atoms with Crippen LogP contribution in [-0.2, 0) is 0 Å². The summed E-state index contributed by atoms with van der Waals surface area (Å²) in [6, 6.07) is 0. The summed E-state index contributed by atoms with van der Waals surface area (Å²) >= 11 is 0. The Labute approximate surface area is 202 Å². The third kappa shape index (κ3) is 21.1. The maximum Gasteiger partial charge on any atom is 0.0786 e. The number of nitrogens with zero attached hydrogens (tertiary/aromatic N) is 2. The summed E-state index contributed by atoms with van der Waals surface area (Å²) in [6.45, 7) is 29.2. The number of hydrogen-bond donors (Lipinski definition) is 0. The van der Waals surface area contributed by atoms with Crippen molar-refractivity contribution in [2.75, 3.05) is 52.4 Å². The van der Waals surface area contributed by atoms with Crippen LogP contribution in [-0.4, -0.2) is 67.5 Å². The van der Waals surface area contributed by atoms with E-state index >= 15 is 0 Å². The number of quaternary nitrogens is 2. The molecule has 32 heavy (non-hydrogen) atoms. The van der Waals surface area contributed by atoms with Gasteiger partial charge in [0.05, 0.1) is 52.4 Å². The molecular weight excluding hydrogens is 400 g/mol. The number of unbranched alkanes of at least 4 members (excludes halogenated alkanes) is 8. The minimum atomic E-state index is -2.33. The van der Waals surface area contributed by atoms with Gasteiger partial charge in [-0.25, -0.2) is 0 Å². The highest BCUT2D eigenvalue weighted by atomic mass is 16.6. The Morgan fingerprint density at radius 3 is 0.875 bits per heavy atom. The van der Waals surface area contributed by atoms with Crippen LogP contribution in [0.15, 0.2) is 0 Å². The van der Waals surface area contributed by atoms with Crippen molar-refractivity contribution in [1.29, 1.82) is 0 Å². The van der Waals surface area contributed by atoms with E-state index in [9.17, 15) is 0 Å². The van der Waals surface area contributed by atoms with E-state index in [2.05, 4.69) is 55.4 Å². The van der Waals surface area contributed by atoms with Crippen LogP contribution in [0.5, 0.6) is 0 Å². The molecule has 0 aromatic heterocycles. The predicted molar refractivity (Wildman–Crippen MR) is 136 cm³/mol. The van der Waals surface area contributed by atoms with E-state index in [0.717, 1.165) is 0 Å². The van der Waals surface area contributed by atoms with Gasteiger partial charge in [-0.15, -0.1) is 0 Å². The number of carbonyl (C=O) groups is 1. The van der Waals surface area contributed by atoms with Crippen molar-refractivity contribution in [3.8, 4) is 0 Å². The minimum absolute atomic E-state index is 1.31. The first kappa shape index (κ1) is 35.8. The van der Waals surface area contributed by atoms with Gasteiger partial charge < -0.3 is 24.0 Å². The monoisotopic (exact) mass is 460 g/mol. The lowest BCUT2D eigenvalue weighted by Gasteiger charge is -2.35. The first-order valence-electron chi connectivity index (χ1n) is 13.8. The van der Waals surface area contributed by atoms with Crippen molar-refractivity contribution in [3.05, 3.63) is 0 Å². The van der Waals surface area contributed by atoms with E-state index in [0.29, 0.717) is 0 Å². The van der Waals surface area contributed by atoms with Crippen molar-refractivity contribution in [1.82, 2.24) is 0 Å². The second kappa shape index (κ2) is 24.8. The molecular formula is C27H60N2O3. The molecule has 0 atom stereocenters. The standard InChI is InChI=1S/2C13H30N.CH2O3/c2*1-5-9-10-11-12-13-14(6-2,7-3)8-4;2-1(3)4/h2*5-13H2,1-4H3;(H2,2,3,4)/q2*+1;/p-2. The quantitative estimate of drug-likeness (QED) is 0.208. The highest BCUT2D eigenvalue weighted by Gasteiger charge is 2.20. The number of hydrogen-bond acceptors (Lipinski definition) is 3. The molecule has 0 bridgehead atoms. The molecule has 0 radical (unpaired) electrons. The molecule has 0 aliphatic carbocycles. The number of carbonyl (C=O) groups excluding carboxylic acids is 1. The zero-order valence-corrected chi connectivity index (χ0v) is 23.3. The summed E-state index contributed by atoms with van der Waals surface area (Å²) < 4.78 is 2.65. The third-order valence-electron chi connectivity index (χ3n) is 7.50. The van der Waals surface area contributed by atoms with E-state index in [1.54, 1.807) is 0 Å². The summed E-state index contributed by atoms with van der Waals surface area (Å²) in [5.74, 6) is 0. The van der Waals surface area contributed by atoms with Crippen molar-refractivity contribution in [2.45, 2.75) is 120 Å². The second-order valence-electron chi connectivity index (χ2n) is 9.11. The van der Waals surface area contributed by atoms with Gasteiger partial charge in [0.1, 0.15) is 0 Å². The molecule has 5 nitrogen and oxygen atoms in total. The zero-order chi connectivity index (χ0) is 25.3. The molecule has 5 heteroatoms. The van der Waals surface area contributed by atoms with Crippen molar-refractivity contribution in [2.24, 2.45) is 0 Å². The maximum atomic E-state index is 8.33. The SMILES string of the molecule is CCCCCCC[N+](CC)(CC)CC.CCCCCCC[N+](CC)(CC)CC.O=C([O-])[O-]. The van der Waals surface area contributed by atoms with Crippen LogP contribution in [0.25, 0.3) is 0 Å². The van der Waals surface area contributed by atoms with Crippen molar-refractivity contribution in [3.63, 3.8) is 0 Å². The molecule has 0 N–H and O–H groups in total. The van der Waals surface area contributed by atoms with Crippen LogP contribution >= 0.6 is 0 Å². The van der Waals surface area contributed by atoms with Crippen LogP contribution in [0, 0.1) is 0 Å². The normalized spacial score (nSPS) is 11.2. The molecule has 0 aliphatic heterocycles. The van der Waals surface area contributed by atoms with Crippen LogP contribution < -0.4 is 10.2 Å². The fraction of sp³-hybridized carbons (Fsp3) is 0.963. The van der Waals surface area contributed by atoms with Crippen LogP contribution in [0.3, 0.4) is 0 Å². The Bertz CT molecular complexity index is 331. The zero-order valence-electron chi connectivity index (χ0n) is 23.3. The Morgan fingerprint density at radius 2 is 0.688 bits per heavy atom. The maximum absolute atomic E-state index is 8.33. The second-order valence-corrected chi connectivity index (χ2v) is 9.11. The lowest BCUT2D eigenvalue weighted by atomic mass is 10.1. The van der Waals surface area contributed by atoms with Crippen LogP contribution in [0.4, 0.5) is 4.79 Å². The van der Waals surface area contributed by atoms with Gasteiger partial charge in [0.2, 0.25) is 0 Å². The predicted octanol–water partition coefficient (Wildman–Crippen LogP) is 5.22. The largest absolute Gasteiger partial charge is 0.652 e. The average Bonchev–Trinajstić information content (AvgIpc) is 2.80. The summed E-state index contributed by atoms with van der Waals surface area (Å²) in [4.78, 5) is 8.33. The van der Waals surface area contributed by atoms with E-state index in [1.165, 1.54) is 126 Å². The first-order chi connectivity index (χ1) is 15.2. The summed E-state index contributed by atoms with van der Waals surface area (Å²) in [6.07, 6.45) is 11.8. The molecule has 0 rings (SSSR count). The van der Waals surface area contributed by atoms with E-state index in [-0.39, 0.29) is 0 Å². The van der Waals surface area contributed by atoms with Crippen LogP contribution in [0.1, 0.15) is 120 Å². The Morgan fingerprint density at radius 1 is 0.469 bits per heavy atom. The van der Waals surface area contributed by atoms with E-state index in [1.807, 2.05) is 0 Å². The van der Waals surface area contributed by atoms with Gasteiger partial charge in [0.15, 0.2) is 0 Å². The van der Waals surface area contributed by atoms with Gasteiger partial charge in [-0.05, 0) is 73.4 Å². The molecule has 196 valence electrons. The van der Waals surface area contributed by atoms with Gasteiger partial charge >= 0.3 is 0 Å². The van der Waals surface area contributed by atoms with Crippen LogP contribution in [0.2, 0.25) is 0 Å². The lowest BCUT2D eigenvalue weighted by Crippen LogP contribution is -2.48. The molecule has 0 saturated carbocycles. The lowest BCUT2D eigenvalue weighted by molar-refractivity contribution is -0.923. The summed E-state index contributed by atoms with van der Waals surface area (Å²) in [5, 5.41) is 16.7. The minimum Gasteiger partial charge on any atom is -0.652 e. The molecule has 0 aromatic rings. The fourth-order valence-electron chi connectivity index (χ4n) is 4.39. The fourth-order valence-corrected chi connectivity index (χ4v) is 4.39.